The number of carbonyl (C=O) groups is 1. The summed E-state index contributed by atoms with van der Waals surface area (Å²) < 4.78 is 29.9. The van der Waals surface area contributed by atoms with Crippen molar-refractivity contribution in [1.29, 1.82) is 0 Å². The maximum absolute atomic E-state index is 13.8. The standard InChI is InChI=1S/C14H10BrF2NOS/c1-20-18-13-7-11(15)10(6-12(13)17)14(19)8-2-4-9(16)5-3-8/h2-7,18H,1H3. The van der Waals surface area contributed by atoms with Crippen LogP contribution < -0.4 is 4.72 Å². The molecule has 0 aliphatic heterocycles. The number of nitrogens with one attached hydrogen (secondary N) is 1. The van der Waals surface area contributed by atoms with E-state index in [4.69, 9.17) is 0 Å². The summed E-state index contributed by atoms with van der Waals surface area (Å²) in [4.78, 5) is 12.3. The molecular weight excluding hydrogens is 348 g/mol. The van der Waals surface area contributed by atoms with Crippen LogP contribution in [0.4, 0.5) is 14.5 Å². The first-order valence-electron chi connectivity index (χ1n) is 5.61. The lowest BCUT2D eigenvalue weighted by Crippen LogP contribution is -2.04. The Morgan fingerprint density at radius 3 is 2.45 bits per heavy atom. The summed E-state index contributed by atoms with van der Waals surface area (Å²) in [5, 5.41) is 0. The predicted octanol–water partition coefficient (Wildman–Crippen LogP) is 4.65. The molecule has 0 bridgehead atoms. The summed E-state index contributed by atoms with van der Waals surface area (Å²) in [6.07, 6.45) is 1.77. The van der Waals surface area contributed by atoms with Crippen LogP contribution in [0.25, 0.3) is 0 Å². The number of anilines is 1. The minimum Gasteiger partial charge on any atom is -0.327 e. The second kappa shape index (κ2) is 6.37. The fraction of sp³-hybridized carbons (Fsp3) is 0.0714. The highest BCUT2D eigenvalue weighted by molar-refractivity contribution is 9.10. The van der Waals surface area contributed by atoms with Gasteiger partial charge in [0.1, 0.15) is 11.6 Å². The Balaban J connectivity index is 2.40. The van der Waals surface area contributed by atoms with Crippen molar-refractivity contribution in [2.24, 2.45) is 0 Å². The van der Waals surface area contributed by atoms with Crippen LogP contribution in [0.3, 0.4) is 0 Å². The van der Waals surface area contributed by atoms with E-state index in [1.165, 1.54) is 42.3 Å². The van der Waals surface area contributed by atoms with Gasteiger partial charge < -0.3 is 4.72 Å². The lowest BCUT2D eigenvalue weighted by molar-refractivity contribution is 0.103. The molecule has 1 N–H and O–H groups in total. The average Bonchev–Trinajstić information content (AvgIpc) is 2.43. The normalized spacial score (nSPS) is 10.4. The predicted molar refractivity (Wildman–Crippen MR) is 81.1 cm³/mol. The van der Waals surface area contributed by atoms with Crippen LogP contribution in [0.15, 0.2) is 40.9 Å². The van der Waals surface area contributed by atoms with Crippen molar-refractivity contribution in [1.82, 2.24) is 0 Å². The van der Waals surface area contributed by atoms with Crippen LogP contribution in [0, 0.1) is 11.6 Å². The number of halogens is 3. The van der Waals surface area contributed by atoms with Gasteiger partial charge in [0.15, 0.2) is 5.78 Å². The molecule has 0 atom stereocenters. The molecule has 2 rings (SSSR count). The molecule has 0 radical (unpaired) electrons. The molecule has 0 saturated carbocycles. The number of ketones is 1. The quantitative estimate of drug-likeness (QED) is 0.637. The van der Waals surface area contributed by atoms with Crippen LogP contribution in [0.2, 0.25) is 0 Å². The van der Waals surface area contributed by atoms with Crippen LogP contribution in [-0.2, 0) is 0 Å². The minimum absolute atomic E-state index is 0.195. The van der Waals surface area contributed by atoms with Gasteiger partial charge in [0.05, 0.1) is 5.69 Å². The van der Waals surface area contributed by atoms with Gasteiger partial charge in [-0.15, -0.1) is 0 Å². The average molecular weight is 358 g/mol. The summed E-state index contributed by atoms with van der Waals surface area (Å²) in [6, 6.07) is 7.80. The van der Waals surface area contributed by atoms with E-state index >= 15 is 0 Å². The topological polar surface area (TPSA) is 29.1 Å². The van der Waals surface area contributed by atoms with Crippen molar-refractivity contribution in [3.63, 3.8) is 0 Å². The molecule has 0 aliphatic carbocycles. The molecule has 6 heteroatoms. The summed E-state index contributed by atoms with van der Waals surface area (Å²) in [7, 11) is 0. The molecule has 2 aromatic carbocycles. The summed E-state index contributed by atoms with van der Waals surface area (Å²) >= 11 is 4.51. The Hall–Kier alpha value is -1.40. The third-order valence-corrected chi connectivity index (χ3v) is 3.70. The van der Waals surface area contributed by atoms with Gasteiger partial charge >= 0.3 is 0 Å². The Bertz CT molecular complexity index is 646. The lowest BCUT2D eigenvalue weighted by Gasteiger charge is -2.09. The van der Waals surface area contributed by atoms with Gasteiger partial charge in [0.2, 0.25) is 0 Å². The highest BCUT2D eigenvalue weighted by atomic mass is 79.9. The first kappa shape index (κ1) is 15.0. The summed E-state index contributed by atoms with van der Waals surface area (Å²) in [6.45, 7) is 0. The Morgan fingerprint density at radius 1 is 1.20 bits per heavy atom. The van der Waals surface area contributed by atoms with E-state index in [0.717, 1.165) is 6.07 Å². The summed E-state index contributed by atoms with van der Waals surface area (Å²) in [5.74, 6) is -1.31. The smallest absolute Gasteiger partial charge is 0.194 e. The van der Waals surface area contributed by atoms with E-state index in [1.54, 1.807) is 6.26 Å². The SMILES string of the molecule is CSNc1cc(Br)c(C(=O)c2ccc(F)cc2)cc1F. The number of rotatable bonds is 4. The third-order valence-electron chi connectivity index (χ3n) is 2.62. The van der Waals surface area contributed by atoms with Crippen molar-refractivity contribution >= 4 is 39.3 Å². The fourth-order valence-corrected chi connectivity index (χ4v) is 2.57. The van der Waals surface area contributed by atoms with Gasteiger partial charge in [0, 0.05) is 21.9 Å². The molecule has 104 valence electrons. The van der Waals surface area contributed by atoms with Crippen molar-refractivity contribution in [3.05, 3.63) is 63.6 Å². The Kier molecular flexibility index (Phi) is 4.77. The highest BCUT2D eigenvalue weighted by Gasteiger charge is 2.16. The second-order valence-corrected chi connectivity index (χ2v) is 5.42. The van der Waals surface area contributed by atoms with E-state index in [1.807, 2.05) is 0 Å². The van der Waals surface area contributed by atoms with Gasteiger partial charge in [-0.3, -0.25) is 4.79 Å². The van der Waals surface area contributed by atoms with Gasteiger partial charge in [-0.25, -0.2) is 8.78 Å². The second-order valence-electron chi connectivity index (χ2n) is 3.95. The molecule has 0 unspecified atom stereocenters. The van der Waals surface area contributed by atoms with E-state index in [9.17, 15) is 13.6 Å². The van der Waals surface area contributed by atoms with E-state index in [2.05, 4.69) is 20.7 Å². The Labute approximate surface area is 127 Å². The van der Waals surface area contributed by atoms with Gasteiger partial charge in [-0.1, -0.05) is 11.9 Å². The van der Waals surface area contributed by atoms with Crippen molar-refractivity contribution in [3.8, 4) is 0 Å². The highest BCUT2D eigenvalue weighted by Crippen LogP contribution is 2.28. The maximum atomic E-state index is 13.8. The molecule has 0 spiro atoms. The van der Waals surface area contributed by atoms with E-state index in [0.29, 0.717) is 15.7 Å². The van der Waals surface area contributed by atoms with Crippen molar-refractivity contribution in [2.75, 3.05) is 11.0 Å². The zero-order valence-corrected chi connectivity index (χ0v) is 12.8. The largest absolute Gasteiger partial charge is 0.327 e. The van der Waals surface area contributed by atoms with Gasteiger partial charge in [-0.2, -0.15) is 0 Å². The number of hydrogen-bond donors (Lipinski definition) is 1. The molecule has 0 fully saturated rings. The van der Waals surface area contributed by atoms with Crippen LogP contribution in [-0.4, -0.2) is 12.0 Å². The minimum atomic E-state index is -0.520. The van der Waals surface area contributed by atoms with Crippen molar-refractivity contribution in [2.45, 2.75) is 0 Å². The fourth-order valence-electron chi connectivity index (χ4n) is 1.67. The zero-order chi connectivity index (χ0) is 14.7. The number of benzene rings is 2. The van der Waals surface area contributed by atoms with E-state index in [-0.39, 0.29) is 11.3 Å². The molecule has 0 amide bonds. The Morgan fingerprint density at radius 2 is 1.85 bits per heavy atom. The molecule has 0 saturated heterocycles. The number of carbonyl (C=O) groups excluding carboxylic acids is 1. The summed E-state index contributed by atoms with van der Waals surface area (Å²) in [5.41, 5.74) is 0.790. The molecule has 0 aromatic heterocycles. The maximum Gasteiger partial charge on any atom is 0.194 e. The molecular formula is C14H10BrF2NOS. The molecule has 20 heavy (non-hydrogen) atoms. The first-order chi connectivity index (χ1) is 9.52. The van der Waals surface area contributed by atoms with Crippen molar-refractivity contribution < 1.29 is 13.6 Å². The zero-order valence-electron chi connectivity index (χ0n) is 10.4. The first-order valence-corrected chi connectivity index (χ1v) is 7.63. The molecule has 2 nitrogen and oxygen atoms in total. The number of hydrogen-bond acceptors (Lipinski definition) is 3. The lowest BCUT2D eigenvalue weighted by atomic mass is 10.0. The molecule has 0 heterocycles. The molecule has 2 aromatic rings. The van der Waals surface area contributed by atoms with Crippen LogP contribution in [0.5, 0.6) is 0 Å². The van der Waals surface area contributed by atoms with Gasteiger partial charge in [0.25, 0.3) is 0 Å². The van der Waals surface area contributed by atoms with E-state index < -0.39 is 11.6 Å². The van der Waals surface area contributed by atoms with Crippen LogP contribution >= 0.6 is 27.9 Å². The molecule has 0 aliphatic rings. The monoisotopic (exact) mass is 357 g/mol. The van der Waals surface area contributed by atoms with Gasteiger partial charge in [-0.05, 0) is 52.3 Å². The third kappa shape index (κ3) is 3.19. The van der Waals surface area contributed by atoms with Crippen LogP contribution in [0.1, 0.15) is 15.9 Å².